The number of halogens is 1. The summed E-state index contributed by atoms with van der Waals surface area (Å²) in [6, 6.07) is 3.64. The van der Waals surface area contributed by atoms with Crippen molar-refractivity contribution in [2.45, 2.75) is 19.8 Å². The van der Waals surface area contributed by atoms with Crippen molar-refractivity contribution in [1.29, 1.82) is 0 Å². The van der Waals surface area contributed by atoms with E-state index in [0.717, 1.165) is 23.9 Å². The van der Waals surface area contributed by atoms with Gasteiger partial charge in [-0.3, -0.25) is 0 Å². The van der Waals surface area contributed by atoms with Crippen LogP contribution in [0.15, 0.2) is 12.1 Å². The lowest BCUT2D eigenvalue weighted by Crippen LogP contribution is -2.13. The van der Waals surface area contributed by atoms with Crippen LogP contribution in [-0.4, -0.2) is 33.3 Å². The Morgan fingerprint density at radius 2 is 1.65 bits per heavy atom. The summed E-state index contributed by atoms with van der Waals surface area (Å²) in [6.07, 6.45) is 2.28. The smallest absolute Gasteiger partial charge is 0.203 e. The lowest BCUT2D eigenvalue weighted by Gasteiger charge is -2.17. The SMILES string of the molecule is CCCC(CBr)COc1cc(OC)c(OC)c(OC)c1. The molecule has 0 aliphatic heterocycles. The molecule has 0 aromatic heterocycles. The highest BCUT2D eigenvalue weighted by molar-refractivity contribution is 9.09. The van der Waals surface area contributed by atoms with Gasteiger partial charge in [0.15, 0.2) is 11.5 Å². The van der Waals surface area contributed by atoms with Crippen LogP contribution in [0, 0.1) is 5.92 Å². The van der Waals surface area contributed by atoms with E-state index in [1.165, 1.54) is 0 Å². The van der Waals surface area contributed by atoms with E-state index in [1.54, 1.807) is 21.3 Å². The van der Waals surface area contributed by atoms with Crippen LogP contribution in [0.3, 0.4) is 0 Å². The molecule has 0 aliphatic rings. The molecule has 1 rings (SSSR count). The van der Waals surface area contributed by atoms with Gasteiger partial charge in [-0.15, -0.1) is 0 Å². The molecule has 1 aromatic rings. The summed E-state index contributed by atoms with van der Waals surface area (Å²) in [5, 5.41) is 0.936. The van der Waals surface area contributed by atoms with Gasteiger partial charge in [-0.25, -0.2) is 0 Å². The van der Waals surface area contributed by atoms with Crippen molar-refractivity contribution in [2.75, 3.05) is 33.3 Å². The van der Waals surface area contributed by atoms with Gasteiger partial charge in [-0.2, -0.15) is 0 Å². The van der Waals surface area contributed by atoms with Gasteiger partial charge in [0.05, 0.1) is 27.9 Å². The molecule has 0 saturated carbocycles. The maximum absolute atomic E-state index is 5.85. The Hall–Kier alpha value is -1.10. The van der Waals surface area contributed by atoms with Gasteiger partial charge in [0, 0.05) is 23.4 Å². The molecule has 1 aromatic carbocycles. The van der Waals surface area contributed by atoms with Crippen LogP contribution in [0.4, 0.5) is 0 Å². The molecule has 0 radical (unpaired) electrons. The maximum Gasteiger partial charge on any atom is 0.203 e. The van der Waals surface area contributed by atoms with E-state index in [1.807, 2.05) is 12.1 Å². The zero-order valence-corrected chi connectivity index (χ0v) is 14.2. The second kappa shape index (κ2) is 8.95. The van der Waals surface area contributed by atoms with Crippen molar-refractivity contribution in [3.63, 3.8) is 0 Å². The summed E-state index contributed by atoms with van der Waals surface area (Å²) in [7, 11) is 4.78. The van der Waals surface area contributed by atoms with E-state index in [0.29, 0.717) is 29.8 Å². The molecule has 0 aliphatic carbocycles. The normalized spacial score (nSPS) is 11.8. The Kier molecular flexibility index (Phi) is 7.59. The molecule has 0 heterocycles. The molecular formula is C15H23BrO4. The van der Waals surface area contributed by atoms with Crippen molar-refractivity contribution in [3.8, 4) is 23.0 Å². The summed E-state index contributed by atoms with van der Waals surface area (Å²) < 4.78 is 21.7. The summed E-state index contributed by atoms with van der Waals surface area (Å²) in [6.45, 7) is 2.84. The van der Waals surface area contributed by atoms with E-state index in [4.69, 9.17) is 18.9 Å². The second-order valence-electron chi connectivity index (χ2n) is 4.48. The molecule has 5 heteroatoms. The lowest BCUT2D eigenvalue weighted by atomic mass is 10.1. The Bertz CT molecular complexity index is 384. The lowest BCUT2D eigenvalue weighted by molar-refractivity contribution is 0.250. The molecule has 0 fully saturated rings. The predicted octanol–water partition coefficient (Wildman–Crippen LogP) is 3.90. The fourth-order valence-electron chi connectivity index (χ4n) is 1.97. The molecular weight excluding hydrogens is 324 g/mol. The standard InChI is InChI=1S/C15H23BrO4/c1-5-6-11(9-16)10-20-12-7-13(17-2)15(19-4)14(8-12)18-3/h7-8,11H,5-6,9-10H2,1-4H3. The Labute approximate surface area is 129 Å². The van der Waals surface area contributed by atoms with Crippen molar-refractivity contribution in [1.82, 2.24) is 0 Å². The highest BCUT2D eigenvalue weighted by Crippen LogP contribution is 2.40. The van der Waals surface area contributed by atoms with Crippen molar-refractivity contribution >= 4 is 15.9 Å². The van der Waals surface area contributed by atoms with Crippen LogP contribution < -0.4 is 18.9 Å². The summed E-state index contributed by atoms with van der Waals surface area (Å²) in [5.74, 6) is 3.01. The first-order valence-corrected chi connectivity index (χ1v) is 7.81. The number of ether oxygens (including phenoxy) is 4. The van der Waals surface area contributed by atoms with Gasteiger partial charge < -0.3 is 18.9 Å². The van der Waals surface area contributed by atoms with Crippen LogP contribution in [0.2, 0.25) is 0 Å². The van der Waals surface area contributed by atoms with Gasteiger partial charge in [-0.05, 0) is 6.42 Å². The largest absolute Gasteiger partial charge is 0.493 e. The number of alkyl halides is 1. The molecule has 114 valence electrons. The van der Waals surface area contributed by atoms with E-state index < -0.39 is 0 Å². The van der Waals surface area contributed by atoms with Gasteiger partial charge in [0.1, 0.15) is 5.75 Å². The third-order valence-electron chi connectivity index (χ3n) is 3.04. The number of benzene rings is 1. The first kappa shape index (κ1) is 17.0. The summed E-state index contributed by atoms with van der Waals surface area (Å²) in [5.41, 5.74) is 0. The van der Waals surface area contributed by atoms with Gasteiger partial charge >= 0.3 is 0 Å². The van der Waals surface area contributed by atoms with Crippen molar-refractivity contribution in [2.24, 2.45) is 5.92 Å². The Balaban J connectivity index is 2.85. The van der Waals surface area contributed by atoms with Crippen molar-refractivity contribution in [3.05, 3.63) is 12.1 Å². The molecule has 20 heavy (non-hydrogen) atoms. The zero-order chi connectivity index (χ0) is 15.0. The quantitative estimate of drug-likeness (QED) is 0.635. The fourth-order valence-corrected chi connectivity index (χ4v) is 2.48. The monoisotopic (exact) mass is 346 g/mol. The van der Waals surface area contributed by atoms with Crippen LogP contribution in [0.1, 0.15) is 19.8 Å². The number of hydrogen-bond acceptors (Lipinski definition) is 4. The van der Waals surface area contributed by atoms with E-state index in [2.05, 4.69) is 22.9 Å². The van der Waals surface area contributed by atoms with E-state index in [9.17, 15) is 0 Å². The molecule has 4 nitrogen and oxygen atoms in total. The fraction of sp³-hybridized carbons (Fsp3) is 0.600. The summed E-state index contributed by atoms with van der Waals surface area (Å²) in [4.78, 5) is 0. The third-order valence-corrected chi connectivity index (χ3v) is 3.95. The molecule has 1 atom stereocenters. The number of hydrogen-bond donors (Lipinski definition) is 0. The summed E-state index contributed by atoms with van der Waals surface area (Å²) >= 11 is 3.52. The highest BCUT2D eigenvalue weighted by atomic mass is 79.9. The number of rotatable bonds is 9. The minimum absolute atomic E-state index is 0.499. The molecule has 0 saturated heterocycles. The van der Waals surface area contributed by atoms with Crippen LogP contribution in [-0.2, 0) is 0 Å². The Morgan fingerprint density at radius 1 is 1.05 bits per heavy atom. The Morgan fingerprint density at radius 3 is 2.05 bits per heavy atom. The first-order chi connectivity index (χ1) is 9.69. The number of methoxy groups -OCH3 is 3. The predicted molar refractivity (Wildman–Crippen MR) is 83.8 cm³/mol. The van der Waals surface area contributed by atoms with Gasteiger partial charge in [0.2, 0.25) is 5.75 Å². The molecule has 0 amide bonds. The van der Waals surface area contributed by atoms with Crippen molar-refractivity contribution < 1.29 is 18.9 Å². The first-order valence-electron chi connectivity index (χ1n) is 6.68. The average Bonchev–Trinajstić information content (AvgIpc) is 2.49. The van der Waals surface area contributed by atoms with Gasteiger partial charge in [-0.1, -0.05) is 29.3 Å². The van der Waals surface area contributed by atoms with Crippen LogP contribution in [0.25, 0.3) is 0 Å². The highest BCUT2D eigenvalue weighted by Gasteiger charge is 2.15. The molecule has 0 spiro atoms. The second-order valence-corrected chi connectivity index (χ2v) is 5.13. The van der Waals surface area contributed by atoms with Crippen LogP contribution >= 0.6 is 15.9 Å². The maximum atomic E-state index is 5.85. The van der Waals surface area contributed by atoms with Crippen LogP contribution in [0.5, 0.6) is 23.0 Å². The van der Waals surface area contributed by atoms with E-state index in [-0.39, 0.29) is 0 Å². The van der Waals surface area contributed by atoms with Gasteiger partial charge in [0.25, 0.3) is 0 Å². The van der Waals surface area contributed by atoms with E-state index >= 15 is 0 Å². The molecule has 1 unspecified atom stereocenters. The third kappa shape index (κ3) is 4.47. The molecule has 0 N–H and O–H groups in total. The minimum atomic E-state index is 0.499. The molecule has 0 bridgehead atoms. The average molecular weight is 347 g/mol. The minimum Gasteiger partial charge on any atom is -0.493 e. The zero-order valence-electron chi connectivity index (χ0n) is 12.6. The topological polar surface area (TPSA) is 36.9 Å².